The number of nitrogens with two attached hydrogens (primary N) is 1. The second-order valence-electron chi connectivity index (χ2n) is 5.52. The van der Waals surface area contributed by atoms with Gasteiger partial charge < -0.3 is 9.74 Å². The first kappa shape index (κ1) is 13.4. The molecule has 0 bridgehead atoms. The van der Waals surface area contributed by atoms with Gasteiger partial charge in [-0.15, -0.1) is 0 Å². The highest BCUT2D eigenvalue weighted by atomic mass is 16.6. The lowest BCUT2D eigenvalue weighted by molar-refractivity contribution is 0.0243. The lowest BCUT2D eigenvalue weighted by atomic mass is 9.91. The third-order valence-corrected chi connectivity index (χ3v) is 4.00. The average molecular weight is 248 g/mol. The Balaban J connectivity index is 2.05. The summed E-state index contributed by atoms with van der Waals surface area (Å²) in [6.07, 6.45) is 4.71. The van der Waals surface area contributed by atoms with Crippen molar-refractivity contribution in [2.24, 2.45) is 5.90 Å². The summed E-state index contributed by atoms with van der Waals surface area (Å²) in [4.78, 5) is 7.35. The second kappa shape index (κ2) is 5.72. The Bertz CT molecular complexity index is 377. The van der Waals surface area contributed by atoms with Crippen molar-refractivity contribution in [3.63, 3.8) is 0 Å². The quantitative estimate of drug-likeness (QED) is 0.836. The van der Waals surface area contributed by atoms with E-state index in [4.69, 9.17) is 10.7 Å². The molecule has 0 aromatic heterocycles. The van der Waals surface area contributed by atoms with Crippen molar-refractivity contribution in [3.8, 4) is 0 Å². The third-order valence-electron chi connectivity index (χ3n) is 4.00. The van der Waals surface area contributed by atoms with Crippen LogP contribution in [0.1, 0.15) is 36.8 Å². The number of anilines is 1. The van der Waals surface area contributed by atoms with Gasteiger partial charge in [-0.25, -0.2) is 5.90 Å². The number of aryl methyl sites for hydroxylation is 2. The lowest BCUT2D eigenvalue weighted by Crippen LogP contribution is -2.37. The predicted octanol–water partition coefficient (Wildman–Crippen LogP) is 2.94. The zero-order valence-electron chi connectivity index (χ0n) is 11.6. The SMILES string of the molecule is Cc1cc(C)cc(N(C)C2CCC(ON)CC2)c1. The second-order valence-corrected chi connectivity index (χ2v) is 5.52. The minimum atomic E-state index is 0.258. The molecular weight excluding hydrogens is 224 g/mol. The van der Waals surface area contributed by atoms with E-state index >= 15 is 0 Å². The zero-order chi connectivity index (χ0) is 13.1. The van der Waals surface area contributed by atoms with E-state index in [9.17, 15) is 0 Å². The minimum Gasteiger partial charge on any atom is -0.372 e. The number of rotatable bonds is 3. The number of benzene rings is 1. The maximum absolute atomic E-state index is 5.26. The van der Waals surface area contributed by atoms with Gasteiger partial charge in [0.2, 0.25) is 0 Å². The minimum absolute atomic E-state index is 0.258. The standard InChI is InChI=1S/C15H24N2O/c1-11-8-12(2)10-14(9-11)17(3)13-4-6-15(18-16)7-5-13/h8-10,13,15H,4-7,16H2,1-3H3. The maximum atomic E-state index is 5.26. The molecular formula is C15H24N2O. The van der Waals surface area contributed by atoms with Crippen LogP contribution in [-0.2, 0) is 4.84 Å². The molecule has 1 aliphatic carbocycles. The van der Waals surface area contributed by atoms with E-state index in [1.807, 2.05) is 0 Å². The zero-order valence-corrected chi connectivity index (χ0v) is 11.6. The lowest BCUT2D eigenvalue weighted by Gasteiger charge is -2.35. The summed E-state index contributed by atoms with van der Waals surface area (Å²) in [6, 6.07) is 7.35. The van der Waals surface area contributed by atoms with Crippen LogP contribution in [0.3, 0.4) is 0 Å². The molecule has 1 saturated carbocycles. The monoisotopic (exact) mass is 248 g/mol. The summed E-state index contributed by atoms with van der Waals surface area (Å²) < 4.78 is 0. The molecule has 0 heterocycles. The van der Waals surface area contributed by atoms with E-state index in [0.29, 0.717) is 6.04 Å². The first-order chi connectivity index (χ1) is 8.60. The number of hydrogen-bond acceptors (Lipinski definition) is 3. The number of hydrogen-bond donors (Lipinski definition) is 1. The molecule has 3 heteroatoms. The number of nitrogens with zero attached hydrogens (tertiary/aromatic N) is 1. The largest absolute Gasteiger partial charge is 0.372 e. The molecule has 1 fully saturated rings. The average Bonchev–Trinajstić information content (AvgIpc) is 2.37. The summed E-state index contributed by atoms with van der Waals surface area (Å²) >= 11 is 0. The van der Waals surface area contributed by atoms with E-state index in [0.717, 1.165) is 25.7 Å². The van der Waals surface area contributed by atoms with Gasteiger partial charge in [0.05, 0.1) is 6.10 Å². The van der Waals surface area contributed by atoms with Gasteiger partial charge in [0, 0.05) is 18.8 Å². The molecule has 1 aliphatic rings. The highest BCUT2D eigenvalue weighted by Crippen LogP contribution is 2.28. The fourth-order valence-electron chi connectivity index (χ4n) is 2.93. The van der Waals surface area contributed by atoms with Crippen molar-refractivity contribution in [3.05, 3.63) is 29.3 Å². The van der Waals surface area contributed by atoms with E-state index < -0.39 is 0 Å². The topological polar surface area (TPSA) is 38.5 Å². The fraction of sp³-hybridized carbons (Fsp3) is 0.600. The van der Waals surface area contributed by atoms with Crippen LogP contribution in [-0.4, -0.2) is 19.2 Å². The molecule has 1 aromatic carbocycles. The predicted molar refractivity (Wildman–Crippen MR) is 75.6 cm³/mol. The molecule has 1 aromatic rings. The van der Waals surface area contributed by atoms with Crippen LogP contribution in [0.5, 0.6) is 0 Å². The first-order valence-electron chi connectivity index (χ1n) is 6.77. The fourth-order valence-corrected chi connectivity index (χ4v) is 2.93. The van der Waals surface area contributed by atoms with Crippen LogP contribution in [0, 0.1) is 13.8 Å². The molecule has 0 amide bonds. The Morgan fingerprint density at radius 3 is 2.11 bits per heavy atom. The molecule has 2 rings (SSSR count). The summed E-state index contributed by atoms with van der Waals surface area (Å²) in [5.41, 5.74) is 3.98. The highest BCUT2D eigenvalue weighted by molar-refractivity contribution is 5.51. The Labute approximate surface area is 110 Å². The molecule has 0 spiro atoms. The highest BCUT2D eigenvalue weighted by Gasteiger charge is 2.24. The first-order valence-corrected chi connectivity index (χ1v) is 6.77. The van der Waals surface area contributed by atoms with Crippen LogP contribution >= 0.6 is 0 Å². The van der Waals surface area contributed by atoms with Crippen molar-refractivity contribution in [1.29, 1.82) is 0 Å². The molecule has 0 saturated heterocycles. The molecule has 3 nitrogen and oxygen atoms in total. The van der Waals surface area contributed by atoms with Gasteiger partial charge in [0.1, 0.15) is 0 Å². The van der Waals surface area contributed by atoms with Crippen molar-refractivity contribution < 1.29 is 4.84 Å². The van der Waals surface area contributed by atoms with Crippen molar-refractivity contribution in [2.75, 3.05) is 11.9 Å². The van der Waals surface area contributed by atoms with Crippen molar-refractivity contribution in [1.82, 2.24) is 0 Å². The summed E-state index contributed by atoms with van der Waals surface area (Å²) in [7, 11) is 2.20. The third kappa shape index (κ3) is 3.03. The van der Waals surface area contributed by atoms with Gasteiger partial charge >= 0.3 is 0 Å². The van der Waals surface area contributed by atoms with Crippen LogP contribution < -0.4 is 10.8 Å². The molecule has 2 N–H and O–H groups in total. The Kier molecular flexibility index (Phi) is 4.25. The van der Waals surface area contributed by atoms with Gasteiger partial charge in [-0.1, -0.05) is 6.07 Å². The maximum Gasteiger partial charge on any atom is 0.0789 e. The van der Waals surface area contributed by atoms with E-state index in [2.05, 4.69) is 44.0 Å². The van der Waals surface area contributed by atoms with E-state index in [1.165, 1.54) is 16.8 Å². The van der Waals surface area contributed by atoms with Crippen LogP contribution in [0.25, 0.3) is 0 Å². The Morgan fingerprint density at radius 1 is 1.06 bits per heavy atom. The molecule has 100 valence electrons. The van der Waals surface area contributed by atoms with Gasteiger partial charge in [-0.2, -0.15) is 0 Å². The van der Waals surface area contributed by atoms with Gasteiger partial charge in [-0.05, 0) is 62.8 Å². The Morgan fingerprint density at radius 2 is 1.61 bits per heavy atom. The smallest absolute Gasteiger partial charge is 0.0789 e. The normalized spacial score (nSPS) is 24.0. The van der Waals surface area contributed by atoms with Crippen molar-refractivity contribution >= 4 is 5.69 Å². The molecule has 0 aliphatic heterocycles. The summed E-state index contributed by atoms with van der Waals surface area (Å²) in [5.74, 6) is 5.26. The molecule has 0 unspecified atom stereocenters. The van der Waals surface area contributed by atoms with Crippen LogP contribution in [0.2, 0.25) is 0 Å². The van der Waals surface area contributed by atoms with Crippen LogP contribution in [0.4, 0.5) is 5.69 Å². The summed E-state index contributed by atoms with van der Waals surface area (Å²) in [5, 5.41) is 0. The summed E-state index contributed by atoms with van der Waals surface area (Å²) in [6.45, 7) is 4.31. The molecule has 0 radical (unpaired) electrons. The molecule has 0 atom stereocenters. The van der Waals surface area contributed by atoms with Crippen LogP contribution in [0.15, 0.2) is 18.2 Å². The Hall–Kier alpha value is -1.06. The van der Waals surface area contributed by atoms with E-state index in [-0.39, 0.29) is 6.10 Å². The van der Waals surface area contributed by atoms with Gasteiger partial charge in [0.25, 0.3) is 0 Å². The van der Waals surface area contributed by atoms with Crippen molar-refractivity contribution in [2.45, 2.75) is 51.7 Å². The van der Waals surface area contributed by atoms with E-state index in [1.54, 1.807) is 0 Å². The van der Waals surface area contributed by atoms with Gasteiger partial charge in [-0.3, -0.25) is 0 Å². The van der Waals surface area contributed by atoms with Gasteiger partial charge in [0.15, 0.2) is 0 Å². The molecule has 18 heavy (non-hydrogen) atoms.